The molecule has 8 nitrogen and oxygen atoms in total. The number of rotatable bonds is 4. The minimum absolute atomic E-state index is 0.0104. The first-order valence-electron chi connectivity index (χ1n) is 9.80. The van der Waals surface area contributed by atoms with Crippen molar-refractivity contribution in [2.75, 3.05) is 20.2 Å². The number of hydrogen-bond acceptors (Lipinski definition) is 7. The summed E-state index contributed by atoms with van der Waals surface area (Å²) in [6.45, 7) is 1.28. The van der Waals surface area contributed by atoms with E-state index in [0.29, 0.717) is 36.3 Å². The Kier molecular flexibility index (Phi) is 4.74. The van der Waals surface area contributed by atoms with E-state index in [4.69, 9.17) is 9.15 Å². The Bertz CT molecular complexity index is 1200. The van der Waals surface area contributed by atoms with Gasteiger partial charge in [-0.05, 0) is 42.5 Å². The molecule has 1 aliphatic heterocycles. The first kappa shape index (κ1) is 18.8. The van der Waals surface area contributed by atoms with Gasteiger partial charge in [0, 0.05) is 36.6 Å². The largest absolute Gasteiger partial charge is 0.481 e. The monoisotopic (exact) mass is 423 g/mol. The number of methoxy groups -OCH3 is 1. The molecule has 30 heavy (non-hydrogen) atoms. The molecule has 154 valence electrons. The molecule has 5 rings (SSSR count). The third-order valence-corrected chi connectivity index (χ3v) is 6.17. The van der Waals surface area contributed by atoms with Crippen molar-refractivity contribution in [3.05, 3.63) is 46.5 Å². The van der Waals surface area contributed by atoms with Crippen LogP contribution >= 0.6 is 11.3 Å². The highest BCUT2D eigenvalue weighted by Crippen LogP contribution is 2.31. The molecule has 4 heterocycles. The summed E-state index contributed by atoms with van der Waals surface area (Å²) in [4.78, 5) is 15.0. The fourth-order valence-corrected chi connectivity index (χ4v) is 4.63. The summed E-state index contributed by atoms with van der Waals surface area (Å²) < 4.78 is 13.0. The van der Waals surface area contributed by atoms with Crippen molar-refractivity contribution in [2.45, 2.75) is 18.8 Å². The van der Waals surface area contributed by atoms with E-state index in [2.05, 4.69) is 15.3 Å². The second kappa shape index (κ2) is 7.56. The third-order valence-electron chi connectivity index (χ3n) is 5.49. The second-order valence-electron chi connectivity index (χ2n) is 7.41. The van der Waals surface area contributed by atoms with Crippen LogP contribution in [0.1, 0.15) is 35.0 Å². The molecule has 0 aliphatic carbocycles. The number of carbonyl (C=O) groups excluding carboxylic acids is 1. The van der Waals surface area contributed by atoms with Crippen molar-refractivity contribution in [3.63, 3.8) is 0 Å². The lowest BCUT2D eigenvalue weighted by molar-refractivity contribution is 0.0698. The van der Waals surface area contributed by atoms with Crippen molar-refractivity contribution in [2.24, 2.45) is 7.05 Å². The van der Waals surface area contributed by atoms with Crippen LogP contribution in [0.4, 0.5) is 0 Å². The number of nitrogens with zero attached hydrogens (tertiary/aromatic N) is 5. The first-order valence-corrected chi connectivity index (χ1v) is 10.7. The summed E-state index contributed by atoms with van der Waals surface area (Å²) in [5, 5.41) is 17.7. The molecule has 1 fully saturated rings. The molecule has 1 aromatic carbocycles. The molecule has 3 aromatic heterocycles. The van der Waals surface area contributed by atoms with Crippen molar-refractivity contribution in [3.8, 4) is 17.3 Å². The summed E-state index contributed by atoms with van der Waals surface area (Å²) in [6.07, 6.45) is 1.82. The van der Waals surface area contributed by atoms with Crippen molar-refractivity contribution >= 4 is 28.1 Å². The molecule has 1 atom stereocenters. The zero-order valence-corrected chi connectivity index (χ0v) is 17.6. The lowest BCUT2D eigenvalue weighted by atomic mass is 9.97. The van der Waals surface area contributed by atoms with Gasteiger partial charge >= 0.3 is 0 Å². The maximum Gasteiger partial charge on any atom is 0.253 e. The lowest BCUT2D eigenvalue weighted by Crippen LogP contribution is -2.39. The Morgan fingerprint density at radius 3 is 3.00 bits per heavy atom. The molecule has 1 aliphatic rings. The number of fused-ring (bicyclic) bond motifs is 1. The SMILES string of the molecule is COc1c2ccc(C(=O)N3CCCC(c4nnc(-c5ccsc5)o4)C3)cc2nn1C. The van der Waals surface area contributed by atoms with Gasteiger partial charge in [0.1, 0.15) is 0 Å². The Balaban J connectivity index is 1.35. The van der Waals surface area contributed by atoms with E-state index < -0.39 is 0 Å². The number of aryl methyl sites for hydroxylation is 1. The zero-order chi connectivity index (χ0) is 20.7. The highest BCUT2D eigenvalue weighted by Gasteiger charge is 2.29. The molecule has 9 heteroatoms. The number of carbonyl (C=O) groups is 1. The van der Waals surface area contributed by atoms with Crippen molar-refractivity contribution in [1.82, 2.24) is 24.9 Å². The Labute approximate surface area is 177 Å². The van der Waals surface area contributed by atoms with Crippen LogP contribution in [-0.4, -0.2) is 51.0 Å². The topological polar surface area (TPSA) is 86.3 Å². The minimum atomic E-state index is -0.0104. The summed E-state index contributed by atoms with van der Waals surface area (Å²) in [7, 11) is 3.44. The second-order valence-corrected chi connectivity index (χ2v) is 8.19. The summed E-state index contributed by atoms with van der Waals surface area (Å²) in [5.41, 5.74) is 2.29. The Morgan fingerprint density at radius 2 is 2.20 bits per heavy atom. The summed E-state index contributed by atoms with van der Waals surface area (Å²) in [6, 6.07) is 7.51. The molecule has 1 saturated heterocycles. The van der Waals surface area contributed by atoms with E-state index in [9.17, 15) is 4.79 Å². The van der Waals surface area contributed by atoms with E-state index >= 15 is 0 Å². The van der Waals surface area contributed by atoms with Crippen LogP contribution in [0, 0.1) is 0 Å². The van der Waals surface area contributed by atoms with Crippen molar-refractivity contribution in [1.29, 1.82) is 0 Å². The Morgan fingerprint density at radius 1 is 1.30 bits per heavy atom. The number of aromatic nitrogens is 4. The van der Waals surface area contributed by atoms with E-state index in [1.807, 2.05) is 47.0 Å². The molecule has 1 unspecified atom stereocenters. The molecule has 0 spiro atoms. The number of benzene rings is 1. The highest BCUT2D eigenvalue weighted by molar-refractivity contribution is 7.08. The standard InChI is InChI=1S/C21H21N5O3S/c1-25-21(28-2)16-6-5-13(10-17(16)24-25)20(27)26-8-3-4-14(11-26)18-22-23-19(29-18)15-7-9-30-12-15/h5-7,9-10,12,14H,3-4,8,11H2,1-2H3. The smallest absolute Gasteiger partial charge is 0.253 e. The van der Waals surface area contributed by atoms with Gasteiger partial charge in [0.2, 0.25) is 17.7 Å². The minimum Gasteiger partial charge on any atom is -0.481 e. The molecular formula is C21H21N5O3S. The number of hydrogen-bond donors (Lipinski definition) is 0. The van der Waals surface area contributed by atoms with Gasteiger partial charge in [0.25, 0.3) is 5.91 Å². The fourth-order valence-electron chi connectivity index (χ4n) is 4.00. The van der Waals surface area contributed by atoms with E-state index in [0.717, 1.165) is 29.3 Å². The van der Waals surface area contributed by atoms with E-state index in [1.165, 1.54) is 0 Å². The maximum absolute atomic E-state index is 13.2. The van der Waals surface area contributed by atoms with Gasteiger partial charge in [-0.2, -0.15) is 16.4 Å². The summed E-state index contributed by atoms with van der Waals surface area (Å²) in [5.74, 6) is 1.84. The van der Waals surface area contributed by atoms with Crippen LogP contribution in [0.15, 0.2) is 39.4 Å². The highest BCUT2D eigenvalue weighted by atomic mass is 32.1. The normalized spacial score (nSPS) is 16.9. The molecule has 1 amide bonds. The number of amides is 1. The third kappa shape index (κ3) is 3.24. The zero-order valence-electron chi connectivity index (χ0n) is 16.7. The average molecular weight is 423 g/mol. The Hall–Kier alpha value is -3.20. The fraction of sp³-hybridized carbons (Fsp3) is 0.333. The number of likely N-dealkylation sites (tertiary alicyclic amines) is 1. The quantitative estimate of drug-likeness (QED) is 0.497. The molecule has 4 aromatic rings. The van der Waals surface area contributed by atoms with Gasteiger partial charge < -0.3 is 14.1 Å². The average Bonchev–Trinajstić information content (AvgIpc) is 3.51. The van der Waals surface area contributed by atoms with Crippen LogP contribution in [0.2, 0.25) is 0 Å². The van der Waals surface area contributed by atoms with Gasteiger partial charge in [0.05, 0.1) is 23.9 Å². The van der Waals surface area contributed by atoms with Crippen LogP contribution in [0.3, 0.4) is 0 Å². The van der Waals surface area contributed by atoms with Crippen molar-refractivity contribution < 1.29 is 13.9 Å². The van der Waals surface area contributed by atoms with Crippen LogP contribution in [0.5, 0.6) is 5.88 Å². The number of piperidine rings is 1. The van der Waals surface area contributed by atoms with Crippen LogP contribution in [0.25, 0.3) is 22.4 Å². The lowest BCUT2D eigenvalue weighted by Gasteiger charge is -2.31. The van der Waals surface area contributed by atoms with Gasteiger partial charge in [-0.3, -0.25) is 4.79 Å². The predicted octanol–water partition coefficient (Wildman–Crippen LogP) is 3.71. The van der Waals surface area contributed by atoms with E-state index in [-0.39, 0.29) is 11.8 Å². The molecule has 0 saturated carbocycles. The van der Waals surface area contributed by atoms with Crippen LogP contribution in [-0.2, 0) is 7.05 Å². The molecule has 0 radical (unpaired) electrons. The van der Waals surface area contributed by atoms with Crippen LogP contribution < -0.4 is 4.74 Å². The molecule has 0 bridgehead atoms. The van der Waals surface area contributed by atoms with Gasteiger partial charge in [-0.25, -0.2) is 4.68 Å². The molecule has 0 N–H and O–H groups in total. The molecular weight excluding hydrogens is 402 g/mol. The first-order chi connectivity index (χ1) is 14.6. The van der Waals surface area contributed by atoms with Gasteiger partial charge in [0.15, 0.2) is 0 Å². The number of ether oxygens (including phenoxy) is 1. The predicted molar refractivity (Wildman–Crippen MR) is 113 cm³/mol. The number of thiophene rings is 1. The maximum atomic E-state index is 13.2. The summed E-state index contributed by atoms with van der Waals surface area (Å²) >= 11 is 1.59. The van der Waals surface area contributed by atoms with E-state index in [1.54, 1.807) is 23.1 Å². The van der Waals surface area contributed by atoms with Gasteiger partial charge in [-0.1, -0.05) is 0 Å². The van der Waals surface area contributed by atoms with Gasteiger partial charge in [-0.15, -0.1) is 10.2 Å².